The maximum absolute atomic E-state index is 14.6. The number of ether oxygens (including phenoxy) is 3. The smallest absolute Gasteiger partial charge is 0.426 e. The van der Waals surface area contributed by atoms with Gasteiger partial charge in [0.05, 0.1) is 13.2 Å². The lowest BCUT2D eigenvalue weighted by Crippen LogP contribution is -2.28. The molecule has 0 aliphatic carbocycles. The quantitative estimate of drug-likeness (QED) is 0.315. The summed E-state index contributed by atoms with van der Waals surface area (Å²) in [6.07, 6.45) is -1.60. The molecule has 0 spiro atoms. The van der Waals surface area contributed by atoms with Crippen LogP contribution in [0.1, 0.15) is 55.6 Å². The first-order valence-corrected chi connectivity index (χ1v) is 10.4. The van der Waals surface area contributed by atoms with Crippen molar-refractivity contribution in [3.63, 3.8) is 0 Å². The highest BCUT2D eigenvalue weighted by Crippen LogP contribution is 2.38. The number of aryl methyl sites for hydroxylation is 1. The van der Waals surface area contributed by atoms with E-state index in [2.05, 4.69) is 11.7 Å². The molecule has 1 heterocycles. The Morgan fingerprint density at radius 2 is 1.59 bits per heavy atom. The topological polar surface area (TPSA) is 27.7 Å². The van der Waals surface area contributed by atoms with E-state index in [0.717, 1.165) is 43.9 Å². The molecule has 1 saturated heterocycles. The highest BCUT2D eigenvalue weighted by molar-refractivity contribution is 5.34. The molecule has 0 bridgehead atoms. The summed E-state index contributed by atoms with van der Waals surface area (Å²) in [6.45, 7) is 3.87. The monoisotopic (exact) mass is 462 g/mol. The molecule has 9 heteroatoms. The highest BCUT2D eigenvalue weighted by atomic mass is 19.3. The summed E-state index contributed by atoms with van der Waals surface area (Å²) in [5.74, 6) is -7.53. The van der Waals surface area contributed by atoms with Crippen LogP contribution in [0, 0.1) is 36.1 Å². The van der Waals surface area contributed by atoms with Crippen LogP contribution in [0.4, 0.5) is 26.3 Å². The summed E-state index contributed by atoms with van der Waals surface area (Å²) >= 11 is 0. The molecule has 0 saturated carbocycles. The van der Waals surface area contributed by atoms with Gasteiger partial charge in [0.15, 0.2) is 29.5 Å². The lowest BCUT2D eigenvalue weighted by Gasteiger charge is -2.30. The van der Waals surface area contributed by atoms with E-state index in [9.17, 15) is 26.3 Å². The van der Waals surface area contributed by atoms with Crippen molar-refractivity contribution in [2.45, 2.75) is 51.9 Å². The summed E-state index contributed by atoms with van der Waals surface area (Å²) in [5.41, 5.74) is -1.93. The van der Waals surface area contributed by atoms with Gasteiger partial charge in [0.25, 0.3) is 0 Å². The van der Waals surface area contributed by atoms with Gasteiger partial charge in [0, 0.05) is 11.5 Å². The highest BCUT2D eigenvalue weighted by Gasteiger charge is 2.40. The first-order chi connectivity index (χ1) is 15.2. The number of hydrogen-bond acceptors (Lipinski definition) is 3. The Morgan fingerprint density at radius 3 is 2.25 bits per heavy atom. The van der Waals surface area contributed by atoms with E-state index < -0.39 is 47.0 Å². The minimum atomic E-state index is -4.45. The van der Waals surface area contributed by atoms with Gasteiger partial charge in [0.2, 0.25) is 5.82 Å². The molecular formula is C23H24F6O3. The Bertz CT molecular complexity index is 942. The van der Waals surface area contributed by atoms with Crippen molar-refractivity contribution in [2.75, 3.05) is 13.2 Å². The normalized spacial score (nSPS) is 19.2. The van der Waals surface area contributed by atoms with Crippen LogP contribution in [-0.4, -0.2) is 13.2 Å². The number of rotatable bonds is 8. The summed E-state index contributed by atoms with van der Waals surface area (Å²) in [7, 11) is 0. The molecule has 0 aromatic heterocycles. The molecule has 0 radical (unpaired) electrons. The van der Waals surface area contributed by atoms with Crippen LogP contribution in [-0.2, 0) is 15.6 Å². The average Bonchev–Trinajstić information content (AvgIpc) is 2.76. The molecule has 3 rings (SSSR count). The zero-order chi connectivity index (χ0) is 23.5. The van der Waals surface area contributed by atoms with Crippen LogP contribution < -0.4 is 4.74 Å². The number of benzene rings is 2. The molecule has 0 atom stereocenters. The van der Waals surface area contributed by atoms with Gasteiger partial charge >= 0.3 is 6.11 Å². The fraction of sp³-hybridized carbons (Fsp3) is 0.478. The van der Waals surface area contributed by atoms with Crippen molar-refractivity contribution in [1.29, 1.82) is 0 Å². The number of unbranched alkanes of at least 4 members (excludes halogenated alkanes) is 2. The average molecular weight is 462 g/mol. The Balaban J connectivity index is 1.73. The molecule has 176 valence electrons. The number of halogens is 6. The molecule has 3 nitrogen and oxygen atoms in total. The minimum absolute atomic E-state index is 0.136. The molecule has 1 aliphatic rings. The van der Waals surface area contributed by atoms with Crippen LogP contribution in [0.2, 0.25) is 0 Å². The molecular weight excluding hydrogens is 438 g/mol. The van der Waals surface area contributed by atoms with Crippen LogP contribution in [0.15, 0.2) is 24.3 Å². The fourth-order valence-electron chi connectivity index (χ4n) is 3.44. The molecule has 0 unspecified atom stereocenters. The van der Waals surface area contributed by atoms with Gasteiger partial charge in [0.1, 0.15) is 5.56 Å². The van der Waals surface area contributed by atoms with Gasteiger partial charge in [-0.15, -0.1) is 0 Å². The first-order valence-electron chi connectivity index (χ1n) is 10.4. The second-order valence-electron chi connectivity index (χ2n) is 7.82. The maximum Gasteiger partial charge on any atom is 0.429 e. The molecule has 2 aromatic rings. The van der Waals surface area contributed by atoms with Crippen molar-refractivity contribution in [3.8, 4) is 5.75 Å². The third kappa shape index (κ3) is 5.20. The standard InChI is InChI=1S/C23H24F6O3/c1-3-4-5-6-14-11-30-22(31-12-14)15-8-10-17(21(27)19(15)25)32-23(28,29)16-9-7-13(2)18(24)20(16)26/h7-10,14,22H,3-6,11-12H2,1-2H3. The molecule has 0 amide bonds. The molecule has 0 N–H and O–H groups in total. The largest absolute Gasteiger partial charge is 0.429 e. The van der Waals surface area contributed by atoms with Crippen molar-refractivity contribution in [2.24, 2.45) is 5.92 Å². The summed E-state index contributed by atoms with van der Waals surface area (Å²) in [6, 6.07) is 3.32. The molecule has 1 aliphatic heterocycles. The van der Waals surface area contributed by atoms with Gasteiger partial charge in [-0.1, -0.05) is 32.3 Å². The van der Waals surface area contributed by atoms with E-state index in [1.807, 2.05) is 0 Å². The minimum Gasteiger partial charge on any atom is -0.426 e. The predicted molar refractivity (Wildman–Crippen MR) is 104 cm³/mol. The number of hydrogen-bond donors (Lipinski definition) is 0. The van der Waals surface area contributed by atoms with Crippen LogP contribution in [0.25, 0.3) is 0 Å². The Kier molecular flexibility index (Phi) is 7.71. The molecule has 32 heavy (non-hydrogen) atoms. The predicted octanol–water partition coefficient (Wildman–Crippen LogP) is 6.92. The van der Waals surface area contributed by atoms with Crippen molar-refractivity contribution in [1.82, 2.24) is 0 Å². The molecule has 1 fully saturated rings. The third-order valence-corrected chi connectivity index (χ3v) is 5.34. The molecule has 2 aromatic carbocycles. The van der Waals surface area contributed by atoms with E-state index in [4.69, 9.17) is 9.47 Å². The maximum atomic E-state index is 14.6. The van der Waals surface area contributed by atoms with Crippen LogP contribution >= 0.6 is 0 Å². The lowest BCUT2D eigenvalue weighted by molar-refractivity contribution is -0.207. The van der Waals surface area contributed by atoms with Gasteiger partial charge in [-0.2, -0.15) is 13.2 Å². The fourth-order valence-corrected chi connectivity index (χ4v) is 3.44. The van der Waals surface area contributed by atoms with E-state index in [1.165, 1.54) is 6.92 Å². The van der Waals surface area contributed by atoms with Gasteiger partial charge in [-0.3, -0.25) is 0 Å². The Labute approximate surface area is 182 Å². The van der Waals surface area contributed by atoms with Gasteiger partial charge < -0.3 is 14.2 Å². The zero-order valence-electron chi connectivity index (χ0n) is 17.7. The van der Waals surface area contributed by atoms with E-state index in [1.54, 1.807) is 0 Å². The van der Waals surface area contributed by atoms with E-state index in [-0.39, 0.29) is 17.0 Å². The van der Waals surface area contributed by atoms with Crippen LogP contribution in [0.3, 0.4) is 0 Å². The third-order valence-electron chi connectivity index (χ3n) is 5.34. The van der Waals surface area contributed by atoms with Crippen molar-refractivity contribution >= 4 is 0 Å². The lowest BCUT2D eigenvalue weighted by atomic mass is 10.0. The second-order valence-corrected chi connectivity index (χ2v) is 7.82. The SMILES string of the molecule is CCCCCC1COC(c2ccc(OC(F)(F)c3ccc(C)c(F)c3F)c(F)c2F)OC1. The summed E-state index contributed by atoms with van der Waals surface area (Å²) < 4.78 is 101. The first kappa shape index (κ1) is 24.4. The van der Waals surface area contributed by atoms with E-state index >= 15 is 0 Å². The van der Waals surface area contributed by atoms with Gasteiger partial charge in [-0.05, 0) is 37.1 Å². The van der Waals surface area contributed by atoms with Crippen molar-refractivity contribution < 1.29 is 40.6 Å². The second kappa shape index (κ2) is 10.1. The summed E-state index contributed by atoms with van der Waals surface area (Å²) in [4.78, 5) is 0. The Hall–Kier alpha value is -2.26. The van der Waals surface area contributed by atoms with Crippen molar-refractivity contribution in [3.05, 3.63) is 64.2 Å². The Morgan fingerprint density at radius 1 is 0.906 bits per heavy atom. The van der Waals surface area contributed by atoms with Gasteiger partial charge in [-0.25, -0.2) is 13.2 Å². The van der Waals surface area contributed by atoms with E-state index in [0.29, 0.717) is 19.3 Å². The zero-order valence-corrected chi connectivity index (χ0v) is 17.7. The number of alkyl halides is 2. The van der Waals surface area contributed by atoms with Crippen LogP contribution in [0.5, 0.6) is 5.75 Å². The summed E-state index contributed by atoms with van der Waals surface area (Å²) in [5, 5.41) is 0.